The van der Waals surface area contributed by atoms with Gasteiger partial charge in [-0.15, -0.1) is 11.8 Å². The monoisotopic (exact) mass is 652 g/mol. The number of nitrogens with zero attached hydrogens (tertiary/aromatic N) is 4. The van der Waals surface area contributed by atoms with Gasteiger partial charge in [-0.3, -0.25) is 0 Å². The van der Waals surface area contributed by atoms with Gasteiger partial charge in [0.05, 0.1) is 19.2 Å². The number of sulfone groups is 1. The van der Waals surface area contributed by atoms with Crippen LogP contribution in [0.2, 0.25) is 0 Å². The molecule has 0 unspecified atom stereocenters. The van der Waals surface area contributed by atoms with Crippen molar-refractivity contribution in [2.75, 3.05) is 41.0 Å². The highest BCUT2D eigenvalue weighted by Gasteiger charge is 2.45. The van der Waals surface area contributed by atoms with Crippen LogP contribution in [-0.4, -0.2) is 92.4 Å². The van der Waals surface area contributed by atoms with Crippen LogP contribution in [0.25, 0.3) is 0 Å². The van der Waals surface area contributed by atoms with E-state index in [-0.39, 0.29) is 28.8 Å². The SMILES string of the molecule is COC(=O)C1(OC)CCC(c2nc(C)cc(S(C)(=O)=O)n2)CC1.COC(=O)C1(OC)CCC(c2nc(C)cc(SC)n2)CC1. The van der Waals surface area contributed by atoms with Crippen LogP contribution in [0.4, 0.5) is 0 Å². The third-order valence-electron chi connectivity index (χ3n) is 8.50. The lowest BCUT2D eigenvalue weighted by molar-refractivity contribution is -0.171. The average Bonchev–Trinajstić information content (AvgIpc) is 3.03. The third-order valence-corrected chi connectivity index (χ3v) is 10.1. The van der Waals surface area contributed by atoms with Crippen molar-refractivity contribution in [1.82, 2.24) is 19.9 Å². The molecule has 0 amide bonds. The number of thioether (sulfide) groups is 1. The summed E-state index contributed by atoms with van der Waals surface area (Å²) in [7, 11) is 2.45. The van der Waals surface area contributed by atoms with Crippen molar-refractivity contribution in [3.05, 3.63) is 35.2 Å². The zero-order valence-corrected chi connectivity index (χ0v) is 28.5. The molecule has 2 aromatic rings. The van der Waals surface area contributed by atoms with Crippen molar-refractivity contribution >= 4 is 33.5 Å². The molecule has 2 fully saturated rings. The lowest BCUT2D eigenvalue weighted by atomic mass is 9.78. The minimum Gasteiger partial charge on any atom is -0.467 e. The van der Waals surface area contributed by atoms with Crippen LogP contribution in [0.15, 0.2) is 22.2 Å². The summed E-state index contributed by atoms with van der Waals surface area (Å²) in [5.74, 6) is 1.03. The van der Waals surface area contributed by atoms with Crippen molar-refractivity contribution < 1.29 is 37.0 Å². The highest BCUT2D eigenvalue weighted by atomic mass is 32.2. The van der Waals surface area contributed by atoms with E-state index in [1.165, 1.54) is 27.4 Å². The van der Waals surface area contributed by atoms with Crippen LogP contribution >= 0.6 is 11.8 Å². The predicted molar refractivity (Wildman–Crippen MR) is 164 cm³/mol. The maximum absolute atomic E-state index is 11.9. The normalized spacial score (nSPS) is 25.4. The molecule has 0 spiro atoms. The van der Waals surface area contributed by atoms with Crippen LogP contribution in [0.3, 0.4) is 0 Å². The molecule has 14 heteroatoms. The maximum Gasteiger partial charge on any atom is 0.338 e. The number of methoxy groups -OCH3 is 4. The number of rotatable bonds is 8. The molecule has 0 atom stereocenters. The quantitative estimate of drug-likeness (QED) is 0.228. The highest BCUT2D eigenvalue weighted by molar-refractivity contribution is 7.98. The number of carbonyl (C=O) groups excluding carboxylic acids is 2. The van der Waals surface area contributed by atoms with Crippen LogP contribution in [0, 0.1) is 13.8 Å². The van der Waals surface area contributed by atoms with Gasteiger partial charge in [-0.05, 0) is 83.6 Å². The van der Waals surface area contributed by atoms with Gasteiger partial charge in [-0.2, -0.15) is 0 Å². The van der Waals surface area contributed by atoms with Crippen molar-refractivity contribution in [2.45, 2.75) is 98.3 Å². The summed E-state index contributed by atoms with van der Waals surface area (Å²) in [4.78, 5) is 41.6. The first-order valence-electron chi connectivity index (χ1n) is 14.5. The molecule has 2 saturated carbocycles. The topological polar surface area (TPSA) is 157 Å². The van der Waals surface area contributed by atoms with Crippen molar-refractivity contribution in [3.63, 3.8) is 0 Å². The first-order chi connectivity index (χ1) is 20.8. The molecule has 12 nitrogen and oxygen atoms in total. The predicted octanol–water partition coefficient (Wildman–Crippen LogP) is 4.13. The second-order valence-electron chi connectivity index (χ2n) is 11.3. The number of aromatic nitrogens is 4. The number of hydrogen-bond donors (Lipinski definition) is 0. The summed E-state index contributed by atoms with van der Waals surface area (Å²) in [5.41, 5.74) is -0.112. The van der Waals surface area contributed by atoms with E-state index in [1.54, 1.807) is 25.8 Å². The highest BCUT2D eigenvalue weighted by Crippen LogP contribution is 2.41. The number of aryl methyl sites for hydroxylation is 2. The van der Waals surface area contributed by atoms with E-state index < -0.39 is 21.0 Å². The van der Waals surface area contributed by atoms with Gasteiger partial charge in [0.25, 0.3) is 0 Å². The Hall–Kier alpha value is -2.68. The van der Waals surface area contributed by atoms with E-state index in [4.69, 9.17) is 18.9 Å². The number of hydrogen-bond acceptors (Lipinski definition) is 13. The van der Waals surface area contributed by atoms with Crippen molar-refractivity contribution in [1.29, 1.82) is 0 Å². The van der Waals surface area contributed by atoms with Gasteiger partial charge in [-0.25, -0.2) is 37.9 Å². The Bertz CT molecular complexity index is 1420. The van der Waals surface area contributed by atoms with E-state index in [0.717, 1.165) is 35.6 Å². The van der Waals surface area contributed by atoms with Crippen molar-refractivity contribution in [3.8, 4) is 0 Å². The smallest absolute Gasteiger partial charge is 0.338 e. The van der Waals surface area contributed by atoms with Gasteiger partial charge >= 0.3 is 11.9 Å². The Kier molecular flexibility index (Phi) is 12.3. The molecule has 0 N–H and O–H groups in total. The molecule has 4 rings (SSSR count). The standard InChI is InChI=1S/C15H22N2O5S.C15H22N2O3S/c1-10-9-12(23(4,19)20)17-13(16-10)11-5-7-15(22-3,8-6-11)14(18)21-2;1-10-9-12(21-4)17-13(16-10)11-5-7-15(20-3,8-6-11)14(18)19-2/h9,11H,5-8H2,1-4H3;9,11H,5-8H2,1-4H3. The Balaban J connectivity index is 0.000000241. The Morgan fingerprint density at radius 3 is 1.52 bits per heavy atom. The number of carbonyl (C=O) groups is 2. The summed E-state index contributed by atoms with van der Waals surface area (Å²) in [6, 6.07) is 3.46. The molecule has 2 aliphatic rings. The molecule has 0 bridgehead atoms. The second kappa shape index (κ2) is 15.1. The average molecular weight is 653 g/mol. The van der Waals surface area contributed by atoms with Gasteiger partial charge in [0.1, 0.15) is 11.6 Å². The summed E-state index contributed by atoms with van der Waals surface area (Å²) < 4.78 is 44.0. The molecule has 0 aliphatic heterocycles. The van der Waals surface area contributed by atoms with Gasteiger partial charge in [-0.1, -0.05) is 0 Å². The van der Waals surface area contributed by atoms with Gasteiger partial charge in [0, 0.05) is 43.7 Å². The second-order valence-corrected chi connectivity index (χ2v) is 14.1. The van der Waals surface area contributed by atoms with Crippen LogP contribution in [-0.2, 0) is 38.4 Å². The molecule has 44 heavy (non-hydrogen) atoms. The van der Waals surface area contributed by atoms with Crippen molar-refractivity contribution in [2.24, 2.45) is 0 Å². The van der Waals surface area contributed by atoms with Gasteiger partial charge in [0.15, 0.2) is 26.1 Å². The van der Waals surface area contributed by atoms with E-state index in [9.17, 15) is 18.0 Å². The molecule has 0 saturated heterocycles. The Morgan fingerprint density at radius 2 is 1.16 bits per heavy atom. The van der Waals surface area contributed by atoms with E-state index in [2.05, 4.69) is 19.9 Å². The van der Waals surface area contributed by atoms with E-state index in [1.807, 2.05) is 19.2 Å². The zero-order chi connectivity index (χ0) is 32.7. The fraction of sp³-hybridized carbons (Fsp3) is 0.667. The zero-order valence-electron chi connectivity index (χ0n) is 26.8. The van der Waals surface area contributed by atoms with E-state index >= 15 is 0 Å². The first kappa shape index (κ1) is 35.8. The fourth-order valence-electron chi connectivity index (χ4n) is 5.82. The van der Waals surface area contributed by atoms with E-state index in [0.29, 0.717) is 50.0 Å². The van der Waals surface area contributed by atoms with Crippen LogP contribution in [0.1, 0.15) is 86.2 Å². The van der Waals surface area contributed by atoms with Gasteiger partial charge in [0.2, 0.25) is 0 Å². The molecule has 2 aliphatic carbocycles. The Labute approximate surface area is 264 Å². The maximum atomic E-state index is 11.9. The lowest BCUT2D eigenvalue weighted by Gasteiger charge is -2.36. The molecular weight excluding hydrogens is 608 g/mol. The third kappa shape index (κ3) is 8.32. The fourth-order valence-corrected chi connectivity index (χ4v) is 6.94. The molecule has 244 valence electrons. The minimum absolute atomic E-state index is 0.00308. The largest absolute Gasteiger partial charge is 0.467 e. The van der Waals surface area contributed by atoms with Crippen LogP contribution in [0.5, 0.6) is 0 Å². The number of esters is 2. The summed E-state index contributed by atoms with van der Waals surface area (Å²) in [5, 5.41) is 1.03. The minimum atomic E-state index is -3.38. The summed E-state index contributed by atoms with van der Waals surface area (Å²) in [6.45, 7) is 3.73. The van der Waals surface area contributed by atoms with Crippen LogP contribution < -0.4 is 0 Å². The lowest BCUT2D eigenvalue weighted by Crippen LogP contribution is -2.44. The molecule has 2 heterocycles. The Morgan fingerprint density at radius 1 is 0.750 bits per heavy atom. The molecule has 0 radical (unpaired) electrons. The van der Waals surface area contributed by atoms with Gasteiger partial charge < -0.3 is 18.9 Å². The molecule has 2 aromatic heterocycles. The summed E-state index contributed by atoms with van der Waals surface area (Å²) in [6.07, 6.45) is 8.36. The molecular formula is C30H44N4O8S2. The molecule has 0 aromatic carbocycles. The summed E-state index contributed by atoms with van der Waals surface area (Å²) >= 11 is 1.62. The number of ether oxygens (including phenoxy) is 4. The first-order valence-corrected chi connectivity index (χ1v) is 17.6.